The number of likely N-dealkylation sites (tertiary alicyclic amines) is 1. The molecule has 1 N–H and O–H groups in total. The first-order valence-corrected chi connectivity index (χ1v) is 10.4. The van der Waals surface area contributed by atoms with E-state index in [1.807, 2.05) is 45.0 Å². The number of hydrogen-bond acceptors (Lipinski definition) is 4. The number of alkyl carbamates (subject to hydrolysis) is 1. The highest BCUT2D eigenvalue weighted by atomic mass is 16.6. The fourth-order valence-corrected chi connectivity index (χ4v) is 4.18. The van der Waals surface area contributed by atoms with E-state index in [9.17, 15) is 9.59 Å². The number of fused-ring (bicyclic) bond motifs is 3. The maximum Gasteiger partial charge on any atom is 0.410 e. The third kappa shape index (κ3) is 4.27. The highest BCUT2D eigenvalue weighted by molar-refractivity contribution is 5.79. The van der Waals surface area contributed by atoms with E-state index < -0.39 is 11.7 Å². The van der Waals surface area contributed by atoms with E-state index in [1.165, 1.54) is 22.3 Å². The van der Waals surface area contributed by atoms with Crippen molar-refractivity contribution in [2.75, 3.05) is 19.7 Å². The molecule has 30 heavy (non-hydrogen) atoms. The lowest BCUT2D eigenvalue weighted by molar-refractivity contribution is 0.0290. The molecule has 1 atom stereocenters. The first-order chi connectivity index (χ1) is 14.3. The second-order valence-corrected chi connectivity index (χ2v) is 8.88. The Morgan fingerprint density at radius 2 is 1.63 bits per heavy atom. The molecule has 0 saturated carbocycles. The number of amides is 2. The van der Waals surface area contributed by atoms with Gasteiger partial charge in [-0.1, -0.05) is 48.5 Å². The number of carbonyl (C=O) groups excluding carboxylic acids is 2. The molecule has 0 unspecified atom stereocenters. The molecule has 1 fully saturated rings. The van der Waals surface area contributed by atoms with Gasteiger partial charge < -0.3 is 19.7 Å². The molecule has 1 aliphatic carbocycles. The minimum absolute atomic E-state index is 0.0324. The predicted molar refractivity (Wildman–Crippen MR) is 114 cm³/mol. The minimum atomic E-state index is -0.532. The SMILES string of the molecule is CC(C)(C)OC(=O)N1CC[C@H](NC(=O)OCC2c3ccccc3-c3ccccc32)C1. The van der Waals surface area contributed by atoms with Gasteiger partial charge in [0.1, 0.15) is 12.2 Å². The lowest BCUT2D eigenvalue weighted by Gasteiger charge is -2.24. The maximum absolute atomic E-state index is 12.4. The molecule has 1 heterocycles. The summed E-state index contributed by atoms with van der Waals surface area (Å²) in [6.07, 6.45) is -0.115. The Labute approximate surface area is 177 Å². The van der Waals surface area contributed by atoms with Gasteiger partial charge in [-0.05, 0) is 49.4 Å². The number of nitrogens with one attached hydrogen (secondary N) is 1. The van der Waals surface area contributed by atoms with Crippen LogP contribution in [-0.2, 0) is 9.47 Å². The smallest absolute Gasteiger partial charge is 0.410 e. The van der Waals surface area contributed by atoms with Crippen molar-refractivity contribution in [3.05, 3.63) is 59.7 Å². The Kier molecular flexibility index (Phi) is 5.41. The van der Waals surface area contributed by atoms with E-state index in [2.05, 4.69) is 29.6 Å². The predicted octanol–water partition coefficient (Wildman–Crippen LogP) is 4.53. The number of carbonyl (C=O) groups is 2. The molecule has 2 aromatic rings. The number of hydrogen-bond donors (Lipinski definition) is 1. The summed E-state index contributed by atoms with van der Waals surface area (Å²) in [5.41, 5.74) is 4.24. The van der Waals surface area contributed by atoms with Gasteiger partial charge in [0.2, 0.25) is 0 Å². The molecule has 4 rings (SSSR count). The summed E-state index contributed by atoms with van der Waals surface area (Å²) in [7, 11) is 0. The minimum Gasteiger partial charge on any atom is -0.449 e. The Balaban J connectivity index is 1.32. The third-order valence-corrected chi connectivity index (χ3v) is 5.51. The summed E-state index contributed by atoms with van der Waals surface area (Å²) < 4.78 is 11.0. The third-order valence-electron chi connectivity index (χ3n) is 5.51. The van der Waals surface area contributed by atoms with E-state index in [-0.39, 0.29) is 24.7 Å². The number of nitrogens with zero attached hydrogens (tertiary/aromatic N) is 1. The van der Waals surface area contributed by atoms with Crippen LogP contribution in [-0.4, -0.2) is 48.4 Å². The van der Waals surface area contributed by atoms with E-state index in [0.29, 0.717) is 19.5 Å². The van der Waals surface area contributed by atoms with Gasteiger partial charge in [-0.2, -0.15) is 0 Å². The highest BCUT2D eigenvalue weighted by Crippen LogP contribution is 2.44. The van der Waals surface area contributed by atoms with Crippen molar-refractivity contribution in [2.45, 2.75) is 44.8 Å². The maximum atomic E-state index is 12.4. The van der Waals surface area contributed by atoms with Gasteiger partial charge >= 0.3 is 12.2 Å². The van der Waals surface area contributed by atoms with Gasteiger partial charge in [-0.25, -0.2) is 9.59 Å². The molecule has 158 valence electrons. The summed E-state index contributed by atoms with van der Waals surface area (Å²) >= 11 is 0. The molecule has 6 nitrogen and oxygen atoms in total. The average molecular weight is 408 g/mol. The van der Waals surface area contributed by atoms with Crippen LogP contribution in [0.25, 0.3) is 11.1 Å². The molecule has 0 bridgehead atoms. The quantitative estimate of drug-likeness (QED) is 0.810. The van der Waals surface area contributed by atoms with Gasteiger partial charge in [0, 0.05) is 19.0 Å². The molecule has 1 aliphatic heterocycles. The number of ether oxygens (including phenoxy) is 2. The van der Waals surface area contributed by atoms with Gasteiger partial charge in [-0.15, -0.1) is 0 Å². The molecule has 0 radical (unpaired) electrons. The normalized spacial score (nSPS) is 18.0. The van der Waals surface area contributed by atoms with Crippen LogP contribution in [0, 0.1) is 0 Å². The van der Waals surface area contributed by atoms with Gasteiger partial charge in [0.25, 0.3) is 0 Å². The van der Waals surface area contributed by atoms with Crippen LogP contribution < -0.4 is 5.32 Å². The molecule has 2 aromatic carbocycles. The van der Waals surface area contributed by atoms with Crippen LogP contribution >= 0.6 is 0 Å². The molecular formula is C24H28N2O4. The molecular weight excluding hydrogens is 380 g/mol. The topological polar surface area (TPSA) is 67.9 Å². The monoisotopic (exact) mass is 408 g/mol. The van der Waals surface area contributed by atoms with E-state index in [4.69, 9.17) is 9.47 Å². The Hall–Kier alpha value is -3.02. The standard InChI is InChI=1S/C24H28N2O4/c1-24(2,3)30-23(28)26-13-12-16(14-26)25-22(27)29-15-21-19-10-6-4-8-17(19)18-9-5-7-11-20(18)21/h4-11,16,21H,12-15H2,1-3H3,(H,25,27)/t16-/m0/s1. The van der Waals surface area contributed by atoms with E-state index in [0.717, 1.165) is 0 Å². The molecule has 2 aliphatic rings. The average Bonchev–Trinajstić information content (AvgIpc) is 3.28. The van der Waals surface area contributed by atoms with Crippen molar-refractivity contribution >= 4 is 12.2 Å². The largest absolute Gasteiger partial charge is 0.449 e. The number of benzene rings is 2. The summed E-state index contributed by atoms with van der Waals surface area (Å²) in [5.74, 6) is 0.0324. The second kappa shape index (κ2) is 8.01. The van der Waals surface area contributed by atoms with Gasteiger partial charge in [-0.3, -0.25) is 0 Å². The first kappa shape index (κ1) is 20.3. The van der Waals surface area contributed by atoms with Gasteiger partial charge in [0.05, 0.1) is 6.04 Å². The van der Waals surface area contributed by atoms with Crippen molar-refractivity contribution in [3.63, 3.8) is 0 Å². The Bertz CT molecular complexity index is 905. The summed E-state index contributed by atoms with van der Waals surface area (Å²) in [6.45, 7) is 6.79. The van der Waals surface area contributed by atoms with E-state index >= 15 is 0 Å². The van der Waals surface area contributed by atoms with Crippen molar-refractivity contribution in [3.8, 4) is 11.1 Å². The molecule has 1 saturated heterocycles. The zero-order chi connectivity index (χ0) is 21.3. The fourth-order valence-electron chi connectivity index (χ4n) is 4.18. The lowest BCUT2D eigenvalue weighted by Crippen LogP contribution is -2.40. The Morgan fingerprint density at radius 1 is 1.03 bits per heavy atom. The summed E-state index contributed by atoms with van der Waals surface area (Å²) in [4.78, 5) is 26.2. The van der Waals surface area contributed by atoms with Crippen LogP contribution in [0.5, 0.6) is 0 Å². The van der Waals surface area contributed by atoms with Crippen LogP contribution in [0.15, 0.2) is 48.5 Å². The van der Waals surface area contributed by atoms with Crippen molar-refractivity contribution in [2.24, 2.45) is 0 Å². The van der Waals surface area contributed by atoms with Crippen LogP contribution in [0.3, 0.4) is 0 Å². The van der Waals surface area contributed by atoms with Crippen LogP contribution in [0.4, 0.5) is 9.59 Å². The Morgan fingerprint density at radius 3 is 2.23 bits per heavy atom. The second-order valence-electron chi connectivity index (χ2n) is 8.88. The molecule has 2 amide bonds. The zero-order valence-electron chi connectivity index (χ0n) is 17.7. The molecule has 6 heteroatoms. The van der Waals surface area contributed by atoms with Crippen molar-refractivity contribution in [1.82, 2.24) is 10.2 Å². The fraction of sp³-hybridized carbons (Fsp3) is 0.417. The van der Waals surface area contributed by atoms with Crippen molar-refractivity contribution in [1.29, 1.82) is 0 Å². The van der Waals surface area contributed by atoms with Gasteiger partial charge in [0.15, 0.2) is 0 Å². The highest BCUT2D eigenvalue weighted by Gasteiger charge is 2.32. The lowest BCUT2D eigenvalue weighted by atomic mass is 9.98. The summed E-state index contributed by atoms with van der Waals surface area (Å²) in [6, 6.07) is 16.4. The van der Waals surface area contributed by atoms with E-state index in [1.54, 1.807) is 4.90 Å². The molecule has 0 aromatic heterocycles. The zero-order valence-corrected chi connectivity index (χ0v) is 17.7. The van der Waals surface area contributed by atoms with Crippen molar-refractivity contribution < 1.29 is 19.1 Å². The summed E-state index contributed by atoms with van der Waals surface area (Å²) in [5, 5.41) is 2.89. The molecule has 0 spiro atoms. The first-order valence-electron chi connectivity index (χ1n) is 10.4. The number of rotatable bonds is 3. The van der Waals surface area contributed by atoms with Crippen LogP contribution in [0.1, 0.15) is 44.2 Å². The van der Waals surface area contributed by atoms with Crippen LogP contribution in [0.2, 0.25) is 0 Å².